The highest BCUT2D eigenvalue weighted by Crippen LogP contribution is 2.15. The lowest BCUT2D eigenvalue weighted by Crippen LogP contribution is -1.97. The molecule has 1 aliphatic rings. The molecular weight excluding hydrogens is 254 g/mol. The smallest absolute Gasteiger partial charge is 0.267 e. The van der Waals surface area contributed by atoms with Crippen molar-refractivity contribution in [1.29, 1.82) is 0 Å². The fraction of sp³-hybridized carbons (Fsp3) is 0. The molecule has 15 heavy (non-hydrogen) atoms. The number of aliphatic imine (C=N–C) groups is 1. The Kier molecular flexibility index (Phi) is 3.30. The van der Waals surface area contributed by atoms with Crippen molar-refractivity contribution in [3.05, 3.63) is 34.9 Å². The first-order chi connectivity index (χ1) is 7.25. The van der Waals surface area contributed by atoms with Crippen molar-refractivity contribution >= 4 is 46.0 Å². The summed E-state index contributed by atoms with van der Waals surface area (Å²) in [7, 11) is 0. The van der Waals surface area contributed by atoms with Crippen LogP contribution in [0.5, 0.6) is 0 Å². The molecule has 7 heteroatoms. The summed E-state index contributed by atoms with van der Waals surface area (Å²) in [6.07, 6.45) is 0. The lowest BCUT2D eigenvalue weighted by Gasteiger charge is -1.95. The van der Waals surface area contributed by atoms with E-state index in [4.69, 9.17) is 11.6 Å². The topological polar surface area (TPSA) is 54.1 Å². The van der Waals surface area contributed by atoms with Crippen molar-refractivity contribution in [2.45, 2.75) is 0 Å². The van der Waals surface area contributed by atoms with Gasteiger partial charge in [-0.15, -0.1) is 8.13 Å². The minimum Gasteiger partial charge on any atom is -0.267 e. The Morgan fingerprint density at radius 2 is 2.33 bits per heavy atom. The Morgan fingerprint density at radius 1 is 1.47 bits per heavy atom. The van der Waals surface area contributed by atoms with E-state index < -0.39 is 0 Å². The maximum Gasteiger partial charge on any atom is 0.279 e. The molecule has 0 N–H and O–H groups in total. The number of benzene rings is 1. The maximum absolute atomic E-state index is 11.6. The molecule has 0 atom stereocenters. The van der Waals surface area contributed by atoms with Gasteiger partial charge in [-0.2, -0.15) is 4.99 Å². The summed E-state index contributed by atoms with van der Waals surface area (Å²) in [4.78, 5) is 15.4. The Balaban J connectivity index is 2.22. The summed E-state index contributed by atoms with van der Waals surface area (Å²) in [5, 5.41) is 0.876. The molecule has 1 aromatic rings. The number of nitrogens with zero attached hydrogens (tertiary/aromatic N) is 3. The second-order valence-corrected chi connectivity index (χ2v) is 4.47. The van der Waals surface area contributed by atoms with Gasteiger partial charge in [0, 0.05) is 10.6 Å². The first-order valence-electron chi connectivity index (χ1n) is 3.89. The molecule has 0 aromatic heterocycles. The number of carbonyl (C=O) groups is 1. The van der Waals surface area contributed by atoms with Gasteiger partial charge in [-0.1, -0.05) is 17.7 Å². The highest BCUT2D eigenvalue weighted by atomic mass is 35.5. The second-order valence-electron chi connectivity index (χ2n) is 2.55. The summed E-state index contributed by atoms with van der Waals surface area (Å²) < 4.78 is 7.62. The molecule has 0 aliphatic carbocycles. The van der Waals surface area contributed by atoms with E-state index in [1.54, 1.807) is 24.3 Å². The van der Waals surface area contributed by atoms with Gasteiger partial charge in [0.15, 0.2) is 0 Å². The number of hydrogen-bond acceptors (Lipinski definition) is 3. The number of amides is 1. The number of carbonyl (C=O) groups excluding carboxylic acids is 1. The molecule has 0 unspecified atom stereocenters. The molecular formula is C8H4ClN3OS2. The Labute approximate surface area is 98.8 Å². The lowest BCUT2D eigenvalue weighted by atomic mass is 10.2. The minimum atomic E-state index is -0.360. The van der Waals surface area contributed by atoms with Crippen molar-refractivity contribution in [3.8, 4) is 0 Å². The van der Waals surface area contributed by atoms with E-state index in [1.807, 2.05) is 0 Å². The largest absolute Gasteiger partial charge is 0.279 e. The lowest BCUT2D eigenvalue weighted by molar-refractivity contribution is 0.100. The van der Waals surface area contributed by atoms with E-state index in [0.29, 0.717) is 15.8 Å². The highest BCUT2D eigenvalue weighted by Gasteiger charge is 2.08. The van der Waals surface area contributed by atoms with E-state index in [2.05, 4.69) is 13.1 Å². The molecule has 1 aromatic carbocycles. The first-order valence-corrected chi connectivity index (χ1v) is 5.77. The summed E-state index contributed by atoms with van der Waals surface area (Å²) >= 11 is 7.87. The standard InChI is InChI=1S/C8H4ClN3OS2/c9-6-3-1-2-5(4-6)7(13)10-8-11-15-12-14-8/h1-4H. The van der Waals surface area contributed by atoms with Crippen molar-refractivity contribution < 1.29 is 4.79 Å². The molecule has 0 saturated carbocycles. The van der Waals surface area contributed by atoms with Crippen molar-refractivity contribution in [2.24, 2.45) is 13.1 Å². The van der Waals surface area contributed by atoms with Gasteiger partial charge in [-0.3, -0.25) is 4.79 Å². The molecule has 0 saturated heterocycles. The fourth-order valence-electron chi connectivity index (χ4n) is 0.932. The number of amidine groups is 1. The van der Waals surface area contributed by atoms with Crippen LogP contribution in [0.4, 0.5) is 0 Å². The summed E-state index contributed by atoms with van der Waals surface area (Å²) in [6, 6.07) is 6.62. The van der Waals surface area contributed by atoms with Gasteiger partial charge < -0.3 is 0 Å². The molecule has 1 amide bonds. The van der Waals surface area contributed by atoms with Crippen molar-refractivity contribution in [3.63, 3.8) is 0 Å². The third-order valence-electron chi connectivity index (χ3n) is 1.54. The van der Waals surface area contributed by atoms with Crippen LogP contribution in [0.1, 0.15) is 10.4 Å². The van der Waals surface area contributed by atoms with Crippen LogP contribution >= 0.6 is 23.5 Å². The van der Waals surface area contributed by atoms with Crippen LogP contribution in [0.3, 0.4) is 0 Å². The number of hydrogen-bond donors (Lipinski definition) is 0. The monoisotopic (exact) mass is 257 g/mol. The van der Waals surface area contributed by atoms with Crippen LogP contribution in [-0.4, -0.2) is 11.1 Å². The maximum atomic E-state index is 11.6. The molecule has 0 radical (unpaired) electrons. The molecule has 1 heterocycles. The van der Waals surface area contributed by atoms with Gasteiger partial charge in [0.1, 0.15) is 0 Å². The predicted molar refractivity (Wildman–Crippen MR) is 63.0 cm³/mol. The van der Waals surface area contributed by atoms with Crippen LogP contribution in [0.25, 0.3) is 0 Å². The van der Waals surface area contributed by atoms with Crippen molar-refractivity contribution in [1.82, 2.24) is 0 Å². The van der Waals surface area contributed by atoms with E-state index in [0.717, 1.165) is 23.3 Å². The zero-order chi connectivity index (χ0) is 10.7. The second kappa shape index (κ2) is 4.69. The molecule has 2 rings (SSSR count). The molecule has 0 spiro atoms. The highest BCUT2D eigenvalue weighted by molar-refractivity contribution is 8.16. The predicted octanol–water partition coefficient (Wildman–Crippen LogP) is 2.95. The normalized spacial score (nSPS) is 16.7. The van der Waals surface area contributed by atoms with Crippen molar-refractivity contribution in [2.75, 3.05) is 0 Å². The Hall–Kier alpha value is -0.980. The van der Waals surface area contributed by atoms with Gasteiger partial charge in [0.2, 0.25) is 5.17 Å². The molecule has 1 aliphatic heterocycles. The van der Waals surface area contributed by atoms with Gasteiger partial charge >= 0.3 is 0 Å². The summed E-state index contributed by atoms with van der Waals surface area (Å²) in [5.74, 6) is -0.360. The van der Waals surface area contributed by atoms with Gasteiger partial charge in [0.05, 0.1) is 23.3 Å². The Bertz CT molecular complexity index is 508. The minimum absolute atomic E-state index is 0.360. The number of halogens is 1. The van der Waals surface area contributed by atoms with Crippen LogP contribution in [-0.2, 0) is 11.4 Å². The van der Waals surface area contributed by atoms with E-state index in [-0.39, 0.29) is 5.91 Å². The summed E-state index contributed by atoms with van der Waals surface area (Å²) in [5.41, 5.74) is 0.447. The molecule has 4 nitrogen and oxygen atoms in total. The van der Waals surface area contributed by atoms with Crippen LogP contribution in [0.2, 0.25) is 5.02 Å². The van der Waals surface area contributed by atoms with Crippen LogP contribution in [0.15, 0.2) is 37.4 Å². The van der Waals surface area contributed by atoms with E-state index >= 15 is 0 Å². The third-order valence-corrected chi connectivity index (χ3v) is 3.06. The first kappa shape index (κ1) is 10.5. The Morgan fingerprint density at radius 3 is 3.00 bits per heavy atom. The van der Waals surface area contributed by atoms with Crippen LogP contribution < -0.4 is 0 Å². The fourth-order valence-corrected chi connectivity index (χ4v) is 2.12. The SMILES string of the molecule is O=C(N=C1N=S=NS1)c1cccc(Cl)c1. The molecule has 0 bridgehead atoms. The van der Waals surface area contributed by atoms with E-state index in [9.17, 15) is 4.79 Å². The van der Waals surface area contributed by atoms with Gasteiger partial charge in [-0.05, 0) is 18.2 Å². The zero-order valence-corrected chi connectivity index (χ0v) is 9.64. The molecule has 76 valence electrons. The zero-order valence-electron chi connectivity index (χ0n) is 7.25. The van der Waals surface area contributed by atoms with Crippen LogP contribution in [0, 0.1) is 0 Å². The average Bonchev–Trinajstić information content (AvgIpc) is 2.70. The summed E-state index contributed by atoms with van der Waals surface area (Å²) in [6.45, 7) is 0. The van der Waals surface area contributed by atoms with E-state index in [1.165, 1.54) is 0 Å². The molecule has 0 fully saturated rings. The number of rotatable bonds is 1. The average molecular weight is 258 g/mol. The quantitative estimate of drug-likeness (QED) is 0.727. The van der Waals surface area contributed by atoms with Gasteiger partial charge in [-0.25, -0.2) is 0 Å². The third kappa shape index (κ3) is 2.74. The van der Waals surface area contributed by atoms with Gasteiger partial charge in [0.25, 0.3) is 5.91 Å².